The zero-order valence-electron chi connectivity index (χ0n) is 9.00. The van der Waals surface area contributed by atoms with E-state index in [1.807, 2.05) is 18.2 Å². The third-order valence-corrected chi connectivity index (χ3v) is 4.64. The molecule has 0 saturated carbocycles. The zero-order chi connectivity index (χ0) is 12.3. The lowest BCUT2D eigenvalue weighted by atomic mass is 10.2. The zero-order valence-corrected chi connectivity index (χ0v) is 13.0. The van der Waals surface area contributed by atoms with Crippen molar-refractivity contribution in [1.29, 1.82) is 0 Å². The average Bonchev–Trinajstić information content (AvgIpc) is 2.34. The Balaban J connectivity index is 2.02. The lowest BCUT2D eigenvalue weighted by molar-refractivity contribution is -0.117. The number of nitrogens with one attached hydrogen (secondary N) is 2. The highest BCUT2D eigenvalue weighted by molar-refractivity contribution is 9.11. The molecule has 1 amide bonds. The van der Waals surface area contributed by atoms with Gasteiger partial charge < -0.3 is 10.6 Å². The maximum absolute atomic E-state index is 12.0. The molecule has 1 atom stereocenters. The Morgan fingerprint density at radius 3 is 2.94 bits per heavy atom. The number of thioether (sulfide) groups is 1. The minimum absolute atomic E-state index is 0.0280. The van der Waals surface area contributed by atoms with Crippen molar-refractivity contribution in [3.05, 3.63) is 27.1 Å². The van der Waals surface area contributed by atoms with Crippen molar-refractivity contribution in [2.45, 2.75) is 6.04 Å². The molecule has 1 aromatic rings. The fraction of sp³-hybridized carbons (Fsp3) is 0.364. The molecule has 0 aliphatic carbocycles. The van der Waals surface area contributed by atoms with Gasteiger partial charge in [-0.15, -0.1) is 0 Å². The minimum atomic E-state index is -0.0932. The summed E-state index contributed by atoms with van der Waals surface area (Å²) in [6, 6.07) is 5.61. The van der Waals surface area contributed by atoms with Gasteiger partial charge in [0.05, 0.1) is 11.7 Å². The van der Waals surface area contributed by atoms with Crippen LogP contribution in [0.15, 0.2) is 27.1 Å². The molecule has 1 heterocycles. The summed E-state index contributed by atoms with van der Waals surface area (Å²) in [6.07, 6.45) is 0. The van der Waals surface area contributed by atoms with Crippen LogP contribution in [-0.2, 0) is 4.79 Å². The van der Waals surface area contributed by atoms with E-state index < -0.39 is 0 Å². The van der Waals surface area contributed by atoms with Gasteiger partial charge in [0.15, 0.2) is 0 Å². The number of amides is 1. The summed E-state index contributed by atoms with van der Waals surface area (Å²) in [4.78, 5) is 12.0. The summed E-state index contributed by atoms with van der Waals surface area (Å²) < 4.78 is 1.86. The van der Waals surface area contributed by atoms with Crippen molar-refractivity contribution in [2.75, 3.05) is 23.4 Å². The highest BCUT2D eigenvalue weighted by Crippen LogP contribution is 2.26. The Kier molecular flexibility index (Phi) is 4.90. The summed E-state index contributed by atoms with van der Waals surface area (Å²) in [5, 5.41) is 6.14. The lowest BCUT2D eigenvalue weighted by Crippen LogP contribution is -2.46. The molecule has 2 N–H and O–H groups in total. The average molecular weight is 380 g/mol. The van der Waals surface area contributed by atoms with E-state index in [4.69, 9.17) is 0 Å². The second-order valence-corrected chi connectivity index (χ2v) is 6.61. The summed E-state index contributed by atoms with van der Waals surface area (Å²) >= 11 is 8.62. The minimum Gasteiger partial charge on any atom is -0.324 e. The third-order valence-electron chi connectivity index (χ3n) is 2.43. The molecule has 6 heteroatoms. The highest BCUT2D eigenvalue weighted by atomic mass is 79.9. The van der Waals surface area contributed by atoms with Gasteiger partial charge in [-0.05, 0) is 34.1 Å². The number of rotatable bonds is 2. The predicted molar refractivity (Wildman–Crippen MR) is 79.6 cm³/mol. The Hall–Kier alpha value is -0.0400. The van der Waals surface area contributed by atoms with E-state index >= 15 is 0 Å². The monoisotopic (exact) mass is 378 g/mol. The van der Waals surface area contributed by atoms with Gasteiger partial charge in [0.2, 0.25) is 5.91 Å². The first-order valence-corrected chi connectivity index (χ1v) is 7.98. The molecule has 1 aliphatic rings. The number of hydrogen-bond acceptors (Lipinski definition) is 3. The van der Waals surface area contributed by atoms with Crippen molar-refractivity contribution in [1.82, 2.24) is 5.32 Å². The summed E-state index contributed by atoms with van der Waals surface area (Å²) in [5.41, 5.74) is 0.801. The molecule has 2 rings (SSSR count). The maximum Gasteiger partial charge on any atom is 0.242 e. The normalized spacial score (nSPS) is 20.0. The second-order valence-electron chi connectivity index (χ2n) is 3.70. The number of hydrogen-bond donors (Lipinski definition) is 2. The molecule has 1 aromatic carbocycles. The van der Waals surface area contributed by atoms with E-state index in [9.17, 15) is 4.79 Å². The number of anilines is 1. The molecule has 0 spiro atoms. The van der Waals surface area contributed by atoms with Gasteiger partial charge in [-0.2, -0.15) is 11.8 Å². The molecule has 0 bridgehead atoms. The molecule has 0 aromatic heterocycles. The van der Waals surface area contributed by atoms with Crippen LogP contribution in [0.4, 0.5) is 5.69 Å². The van der Waals surface area contributed by atoms with Crippen LogP contribution in [0.3, 0.4) is 0 Å². The van der Waals surface area contributed by atoms with Crippen LogP contribution in [0.1, 0.15) is 0 Å². The van der Waals surface area contributed by atoms with Gasteiger partial charge in [-0.1, -0.05) is 15.9 Å². The number of carbonyl (C=O) groups is 1. The Morgan fingerprint density at radius 2 is 2.29 bits per heavy atom. The predicted octanol–water partition coefficient (Wildman–Crippen LogP) is 2.86. The molecule has 17 heavy (non-hydrogen) atoms. The summed E-state index contributed by atoms with van der Waals surface area (Å²) in [6.45, 7) is 0.893. The summed E-state index contributed by atoms with van der Waals surface area (Å²) in [5.74, 6) is 1.94. The number of halogens is 2. The fourth-order valence-corrected chi connectivity index (χ4v) is 3.62. The van der Waals surface area contributed by atoms with Crippen LogP contribution < -0.4 is 10.6 Å². The first-order chi connectivity index (χ1) is 8.16. The number of carbonyl (C=O) groups excluding carboxylic acids is 1. The molecule has 0 radical (unpaired) electrons. The molecular weight excluding hydrogens is 368 g/mol. The van der Waals surface area contributed by atoms with E-state index in [1.54, 1.807) is 11.8 Å². The van der Waals surface area contributed by atoms with Crippen LogP contribution in [0.25, 0.3) is 0 Å². The lowest BCUT2D eigenvalue weighted by Gasteiger charge is -2.22. The van der Waals surface area contributed by atoms with E-state index in [-0.39, 0.29) is 11.9 Å². The van der Waals surface area contributed by atoms with Crippen LogP contribution in [0.5, 0.6) is 0 Å². The Bertz CT molecular complexity index is 422. The van der Waals surface area contributed by atoms with Crippen molar-refractivity contribution < 1.29 is 4.79 Å². The smallest absolute Gasteiger partial charge is 0.242 e. The third kappa shape index (κ3) is 3.71. The van der Waals surface area contributed by atoms with Gasteiger partial charge in [-0.25, -0.2) is 0 Å². The second kappa shape index (κ2) is 6.22. The molecule has 3 nitrogen and oxygen atoms in total. The topological polar surface area (TPSA) is 41.1 Å². The van der Waals surface area contributed by atoms with Crippen LogP contribution in [0, 0.1) is 0 Å². The fourth-order valence-electron chi connectivity index (χ4n) is 1.54. The maximum atomic E-state index is 12.0. The molecule has 1 fully saturated rings. The number of benzene rings is 1. The van der Waals surface area contributed by atoms with Gasteiger partial charge in [0.25, 0.3) is 0 Å². The standard InChI is InChI=1S/C11H12Br2N2OS/c12-7-1-2-9(8(13)5-7)15-11(16)10-6-17-4-3-14-10/h1-2,5,10,14H,3-4,6H2,(H,15,16). The largest absolute Gasteiger partial charge is 0.324 e. The van der Waals surface area contributed by atoms with E-state index in [0.717, 1.165) is 32.7 Å². The van der Waals surface area contributed by atoms with E-state index in [1.165, 1.54) is 0 Å². The highest BCUT2D eigenvalue weighted by Gasteiger charge is 2.21. The van der Waals surface area contributed by atoms with Crippen LogP contribution in [-0.4, -0.2) is 30.0 Å². The molecule has 92 valence electrons. The van der Waals surface area contributed by atoms with Crippen molar-refractivity contribution in [2.24, 2.45) is 0 Å². The van der Waals surface area contributed by atoms with Gasteiger partial charge in [0, 0.05) is 27.0 Å². The van der Waals surface area contributed by atoms with Crippen molar-refractivity contribution >= 4 is 55.2 Å². The van der Waals surface area contributed by atoms with Crippen LogP contribution in [0.2, 0.25) is 0 Å². The van der Waals surface area contributed by atoms with Crippen molar-refractivity contribution in [3.8, 4) is 0 Å². The van der Waals surface area contributed by atoms with Gasteiger partial charge >= 0.3 is 0 Å². The quantitative estimate of drug-likeness (QED) is 0.830. The molecule has 1 saturated heterocycles. The molecular formula is C11H12Br2N2OS. The van der Waals surface area contributed by atoms with Gasteiger partial charge in [-0.3, -0.25) is 4.79 Å². The van der Waals surface area contributed by atoms with Gasteiger partial charge in [0.1, 0.15) is 0 Å². The van der Waals surface area contributed by atoms with Crippen LogP contribution >= 0.6 is 43.6 Å². The SMILES string of the molecule is O=C(Nc1ccc(Br)cc1Br)C1CSCCN1. The van der Waals surface area contributed by atoms with E-state index in [2.05, 4.69) is 42.5 Å². The Labute approximate surface area is 121 Å². The first-order valence-electron chi connectivity index (χ1n) is 5.24. The van der Waals surface area contributed by atoms with E-state index in [0.29, 0.717) is 0 Å². The Morgan fingerprint density at radius 1 is 1.47 bits per heavy atom. The van der Waals surface area contributed by atoms with Crippen molar-refractivity contribution in [3.63, 3.8) is 0 Å². The first kappa shape index (κ1) is 13.4. The summed E-state index contributed by atoms with van der Waals surface area (Å²) in [7, 11) is 0. The molecule has 1 aliphatic heterocycles. The molecule has 1 unspecified atom stereocenters.